The minimum Gasteiger partial charge on any atom is -0.480 e. The Morgan fingerprint density at radius 3 is 2.41 bits per heavy atom. The number of carbonyl (C=O) groups excluding carboxylic acids is 1. The fourth-order valence-electron chi connectivity index (χ4n) is 1.96. The molecule has 2 N–H and O–H groups in total. The number of amides is 1. The van der Waals surface area contributed by atoms with Crippen molar-refractivity contribution in [3.8, 4) is 0 Å². The summed E-state index contributed by atoms with van der Waals surface area (Å²) in [6, 6.07) is -0.763. The Labute approximate surface area is 107 Å². The van der Waals surface area contributed by atoms with Crippen LogP contribution in [-0.4, -0.2) is 34.5 Å². The fraction of sp³-hybridized carbons (Fsp3) is 0.833. The average molecular weight is 259 g/mol. The highest BCUT2D eigenvalue weighted by atomic mass is 32.2. The van der Waals surface area contributed by atoms with Crippen molar-refractivity contribution >= 4 is 23.6 Å². The van der Waals surface area contributed by atoms with Gasteiger partial charge in [-0.1, -0.05) is 13.8 Å². The molecule has 1 aliphatic heterocycles. The van der Waals surface area contributed by atoms with E-state index in [1.54, 1.807) is 13.8 Å². The van der Waals surface area contributed by atoms with Crippen molar-refractivity contribution in [1.82, 2.24) is 5.32 Å². The van der Waals surface area contributed by atoms with E-state index in [9.17, 15) is 9.59 Å². The van der Waals surface area contributed by atoms with Crippen LogP contribution in [0.1, 0.15) is 33.1 Å². The molecule has 98 valence electrons. The molecule has 0 aromatic heterocycles. The number of hydrogen-bond donors (Lipinski definition) is 2. The summed E-state index contributed by atoms with van der Waals surface area (Å²) >= 11 is 1.92. The van der Waals surface area contributed by atoms with Crippen molar-refractivity contribution in [3.63, 3.8) is 0 Å². The minimum absolute atomic E-state index is 0.0849. The molecule has 1 atom stereocenters. The summed E-state index contributed by atoms with van der Waals surface area (Å²) in [7, 11) is 0. The Balaban J connectivity index is 2.38. The van der Waals surface area contributed by atoms with Crippen molar-refractivity contribution in [2.45, 2.75) is 39.2 Å². The zero-order valence-corrected chi connectivity index (χ0v) is 11.3. The number of nitrogens with one attached hydrogen (secondary N) is 1. The smallest absolute Gasteiger partial charge is 0.326 e. The second-order valence-electron chi connectivity index (χ2n) is 4.89. The highest BCUT2D eigenvalue weighted by molar-refractivity contribution is 7.99. The van der Waals surface area contributed by atoms with Gasteiger partial charge in [0, 0.05) is 6.42 Å². The van der Waals surface area contributed by atoms with Crippen LogP contribution in [0.3, 0.4) is 0 Å². The molecule has 0 aromatic rings. The van der Waals surface area contributed by atoms with Crippen LogP contribution in [0.5, 0.6) is 0 Å². The number of aliphatic carboxylic acids is 1. The lowest BCUT2D eigenvalue weighted by molar-refractivity contribution is -0.143. The standard InChI is InChI=1S/C12H21NO3S/c1-8(2)11(12(15)16)13-10(14)7-9-3-5-17-6-4-9/h8-9,11H,3-7H2,1-2H3,(H,13,14)(H,15,16)/t11-/m1/s1. The van der Waals surface area contributed by atoms with E-state index in [1.807, 2.05) is 11.8 Å². The van der Waals surface area contributed by atoms with Crippen molar-refractivity contribution in [2.24, 2.45) is 11.8 Å². The van der Waals surface area contributed by atoms with Gasteiger partial charge in [0.15, 0.2) is 0 Å². The summed E-state index contributed by atoms with van der Waals surface area (Å²) in [5, 5.41) is 11.6. The molecule has 0 unspecified atom stereocenters. The zero-order chi connectivity index (χ0) is 12.8. The van der Waals surface area contributed by atoms with E-state index in [0.717, 1.165) is 24.3 Å². The predicted octanol–water partition coefficient (Wildman–Crippen LogP) is 1.75. The van der Waals surface area contributed by atoms with E-state index >= 15 is 0 Å². The molecule has 1 saturated heterocycles. The molecule has 5 heteroatoms. The highest BCUT2D eigenvalue weighted by Gasteiger charge is 2.25. The number of carboxylic acid groups (broad SMARTS) is 1. The lowest BCUT2D eigenvalue weighted by Crippen LogP contribution is -2.44. The first kappa shape index (κ1) is 14.4. The monoisotopic (exact) mass is 259 g/mol. The summed E-state index contributed by atoms with van der Waals surface area (Å²) in [5.74, 6) is 1.50. The van der Waals surface area contributed by atoms with Gasteiger partial charge >= 0.3 is 5.97 Å². The van der Waals surface area contributed by atoms with Gasteiger partial charge in [0.05, 0.1) is 0 Å². The molecule has 1 amide bonds. The van der Waals surface area contributed by atoms with Crippen LogP contribution in [0.25, 0.3) is 0 Å². The number of rotatable bonds is 5. The molecule has 1 fully saturated rings. The largest absolute Gasteiger partial charge is 0.480 e. The van der Waals surface area contributed by atoms with Crippen LogP contribution < -0.4 is 5.32 Å². The average Bonchev–Trinajstić information content (AvgIpc) is 2.26. The van der Waals surface area contributed by atoms with Gasteiger partial charge < -0.3 is 10.4 Å². The maximum atomic E-state index is 11.7. The number of thioether (sulfide) groups is 1. The van der Waals surface area contributed by atoms with Crippen LogP contribution in [-0.2, 0) is 9.59 Å². The van der Waals surface area contributed by atoms with Crippen LogP contribution in [0.15, 0.2) is 0 Å². The quantitative estimate of drug-likeness (QED) is 0.789. The van der Waals surface area contributed by atoms with Gasteiger partial charge in [-0.3, -0.25) is 4.79 Å². The molecule has 0 spiro atoms. The third-order valence-electron chi connectivity index (χ3n) is 3.06. The van der Waals surface area contributed by atoms with E-state index in [-0.39, 0.29) is 11.8 Å². The van der Waals surface area contributed by atoms with Crippen LogP contribution in [0, 0.1) is 11.8 Å². The van der Waals surface area contributed by atoms with Gasteiger partial charge in [0.25, 0.3) is 0 Å². The third-order valence-corrected chi connectivity index (χ3v) is 4.11. The van der Waals surface area contributed by atoms with E-state index in [2.05, 4.69) is 5.32 Å². The molecule has 0 aromatic carbocycles. The first-order valence-electron chi connectivity index (χ1n) is 6.10. The topological polar surface area (TPSA) is 66.4 Å². The zero-order valence-electron chi connectivity index (χ0n) is 10.4. The number of carboxylic acids is 1. The molecule has 17 heavy (non-hydrogen) atoms. The molecule has 0 bridgehead atoms. The summed E-state index contributed by atoms with van der Waals surface area (Å²) < 4.78 is 0. The lowest BCUT2D eigenvalue weighted by atomic mass is 9.97. The fourth-order valence-corrected chi connectivity index (χ4v) is 3.16. The summed E-state index contributed by atoms with van der Waals surface area (Å²) in [6.45, 7) is 3.60. The first-order valence-corrected chi connectivity index (χ1v) is 7.26. The minimum atomic E-state index is -0.951. The summed E-state index contributed by atoms with van der Waals surface area (Å²) in [4.78, 5) is 22.7. The number of hydrogen-bond acceptors (Lipinski definition) is 3. The van der Waals surface area contributed by atoms with Crippen molar-refractivity contribution in [3.05, 3.63) is 0 Å². The molecule has 0 aliphatic carbocycles. The number of carbonyl (C=O) groups is 2. The Morgan fingerprint density at radius 1 is 1.35 bits per heavy atom. The normalized spacial score (nSPS) is 19.0. The second kappa shape index (κ2) is 6.89. The third kappa shape index (κ3) is 4.98. The van der Waals surface area contributed by atoms with E-state index in [0.29, 0.717) is 12.3 Å². The second-order valence-corrected chi connectivity index (χ2v) is 6.11. The van der Waals surface area contributed by atoms with E-state index < -0.39 is 12.0 Å². The van der Waals surface area contributed by atoms with Gasteiger partial charge in [-0.05, 0) is 36.2 Å². The Kier molecular flexibility index (Phi) is 5.82. The Morgan fingerprint density at radius 2 is 1.94 bits per heavy atom. The van der Waals surface area contributed by atoms with Crippen LogP contribution >= 0.6 is 11.8 Å². The SMILES string of the molecule is CC(C)[C@@H](NC(=O)CC1CCSCC1)C(=O)O. The summed E-state index contributed by atoms with van der Waals surface area (Å²) in [6.07, 6.45) is 2.60. The van der Waals surface area contributed by atoms with Crippen molar-refractivity contribution < 1.29 is 14.7 Å². The molecule has 0 radical (unpaired) electrons. The van der Waals surface area contributed by atoms with Gasteiger partial charge in [-0.15, -0.1) is 0 Å². The molecule has 4 nitrogen and oxygen atoms in total. The maximum Gasteiger partial charge on any atom is 0.326 e. The van der Waals surface area contributed by atoms with Crippen LogP contribution in [0.2, 0.25) is 0 Å². The van der Waals surface area contributed by atoms with Gasteiger partial charge in [0.1, 0.15) is 6.04 Å². The molecule has 1 rings (SSSR count). The predicted molar refractivity (Wildman–Crippen MR) is 69.1 cm³/mol. The first-order chi connectivity index (χ1) is 8.00. The van der Waals surface area contributed by atoms with Gasteiger partial charge in [0.2, 0.25) is 5.91 Å². The Hall–Kier alpha value is -0.710. The van der Waals surface area contributed by atoms with E-state index in [1.165, 1.54) is 0 Å². The summed E-state index contributed by atoms with van der Waals surface area (Å²) in [5.41, 5.74) is 0. The lowest BCUT2D eigenvalue weighted by Gasteiger charge is -2.23. The maximum absolute atomic E-state index is 11.7. The van der Waals surface area contributed by atoms with Crippen LogP contribution in [0.4, 0.5) is 0 Å². The molecule has 1 aliphatic rings. The van der Waals surface area contributed by atoms with Gasteiger partial charge in [-0.2, -0.15) is 11.8 Å². The molecule has 1 heterocycles. The van der Waals surface area contributed by atoms with E-state index in [4.69, 9.17) is 5.11 Å². The van der Waals surface area contributed by atoms with Crippen molar-refractivity contribution in [2.75, 3.05) is 11.5 Å². The molecule has 0 saturated carbocycles. The molecular weight excluding hydrogens is 238 g/mol. The highest BCUT2D eigenvalue weighted by Crippen LogP contribution is 2.25. The Bertz CT molecular complexity index is 275. The molecular formula is C12H21NO3S. The van der Waals surface area contributed by atoms with Crippen molar-refractivity contribution in [1.29, 1.82) is 0 Å². The van der Waals surface area contributed by atoms with Gasteiger partial charge in [-0.25, -0.2) is 4.79 Å².